The maximum Gasteiger partial charge on any atom is 0.433 e. The number of piperazine rings is 2. The maximum atomic E-state index is 14.1. The highest BCUT2D eigenvalue weighted by Crippen LogP contribution is 2.34. The lowest BCUT2D eigenvalue weighted by molar-refractivity contribution is -0.141. The average Bonchev–Trinajstić information content (AvgIpc) is 1.77. The van der Waals surface area contributed by atoms with E-state index < -0.39 is 63.1 Å². The summed E-state index contributed by atoms with van der Waals surface area (Å²) in [5.74, 6) is -0.139. The molecule has 24 nitrogen and oxygen atoms in total. The quantitative estimate of drug-likeness (QED) is 0.0691. The fourth-order valence-corrected chi connectivity index (χ4v) is 11.4. The molecule has 2 unspecified atom stereocenters. The van der Waals surface area contributed by atoms with Gasteiger partial charge >= 0.3 is 18.4 Å². The highest BCUT2D eigenvalue weighted by molar-refractivity contribution is 6.32. The Hall–Kier alpha value is -7.67. The van der Waals surface area contributed by atoms with E-state index in [9.17, 15) is 50.3 Å². The van der Waals surface area contributed by atoms with E-state index in [0.717, 1.165) is 48.3 Å². The lowest BCUT2D eigenvalue weighted by atomic mass is 9.97. The van der Waals surface area contributed by atoms with Crippen molar-refractivity contribution in [2.75, 3.05) is 87.0 Å². The molecule has 0 radical (unpaired) electrons. The average molecular weight is 1290 g/mol. The number of nitrogens with one attached hydrogen (secondary N) is 3. The molecule has 2 aliphatic carbocycles. The number of carbonyl (C=O) groups is 3. The summed E-state index contributed by atoms with van der Waals surface area (Å²) < 4.78 is 100. The molecule has 0 saturated carbocycles. The molecule has 0 spiro atoms. The van der Waals surface area contributed by atoms with Gasteiger partial charge in [0.15, 0.2) is 22.0 Å². The number of alkyl halides is 6. The van der Waals surface area contributed by atoms with Gasteiger partial charge in [0.2, 0.25) is 23.4 Å². The Labute approximate surface area is 516 Å². The van der Waals surface area contributed by atoms with E-state index in [1.807, 2.05) is 35.8 Å². The van der Waals surface area contributed by atoms with Crippen LogP contribution in [0, 0.1) is 0 Å². The number of anilines is 4. The Balaban J connectivity index is 0.000000214. The van der Waals surface area contributed by atoms with Crippen LogP contribution < -0.4 is 36.9 Å². The standard InChI is InChI=1S/C31H38ClF3N8O5.C26H30ClF3N8O3/c1-6-21-24(40-13-15-41(16-14-40)29(46)48-30(2,3)4)27(45)43-28(38-26(39-43)18-7-9-19(47-5)10-8-18)42(21)17-23(44)36-20-11-12-22(31(33,34)35)37-25(20)32;1-3-18-21(36-12-10-31-11-13-36)24(40)38-25(34-23(35-38)15-4-6-16(41-2)7-5-15)37(18)14-20(39)32-17-8-9-19(26(28,29)30)33-22(17)27/h7,11-12,19H,6,8-10,13-17H2,1-5H3,(H,36,44);4,8-9,16,31H,3,5-7,10-14H2,1-2H3,(H,32,39). The van der Waals surface area contributed by atoms with Gasteiger partial charge in [-0.25, -0.2) is 14.8 Å². The SMILES string of the molecule is CCc1c(N2CCN(C(=O)OC(C)(C)C)CC2)c(=O)n2nc(C3=CCC(OC)CC3)nc2n1CC(=O)Nc1ccc(C(F)(F)F)nc1Cl.CCc1c(N2CCNCC2)c(=O)n2nc(C3=CCC(OC)CC3)nc2n1CC(=O)Nc1ccc(C(F)(F)F)nc1Cl. The summed E-state index contributed by atoms with van der Waals surface area (Å²) in [5.41, 5.74) is -0.350. The summed E-state index contributed by atoms with van der Waals surface area (Å²) in [4.78, 5) is 88.9. The lowest BCUT2D eigenvalue weighted by Gasteiger charge is -2.37. The first kappa shape index (κ1) is 65.8. The summed E-state index contributed by atoms with van der Waals surface area (Å²) in [6, 6.07) is 3.56. The van der Waals surface area contributed by atoms with Gasteiger partial charge in [0.25, 0.3) is 11.1 Å². The molecule has 0 bridgehead atoms. The van der Waals surface area contributed by atoms with Gasteiger partial charge in [-0.15, -0.1) is 10.2 Å². The van der Waals surface area contributed by atoms with E-state index in [1.165, 1.54) is 9.03 Å². The summed E-state index contributed by atoms with van der Waals surface area (Å²) in [6.45, 7) is 12.2. The van der Waals surface area contributed by atoms with Crippen molar-refractivity contribution in [2.24, 2.45) is 0 Å². The minimum atomic E-state index is -4.71. The molecule has 3 amide bonds. The van der Waals surface area contributed by atoms with Crippen LogP contribution in [-0.4, -0.2) is 155 Å². The molecular weight excluding hydrogens is 1220 g/mol. The minimum Gasteiger partial charge on any atom is -0.444 e. The number of fused-ring (bicyclic) bond motifs is 2. The van der Waals surface area contributed by atoms with Crippen LogP contribution in [0.2, 0.25) is 10.3 Å². The molecule has 10 rings (SSSR count). The van der Waals surface area contributed by atoms with E-state index in [-0.39, 0.29) is 53.8 Å². The van der Waals surface area contributed by atoms with Gasteiger partial charge in [-0.1, -0.05) is 49.2 Å². The van der Waals surface area contributed by atoms with Crippen LogP contribution >= 0.6 is 23.2 Å². The van der Waals surface area contributed by atoms with Crippen LogP contribution in [0.25, 0.3) is 22.7 Å². The van der Waals surface area contributed by atoms with Crippen LogP contribution in [0.15, 0.2) is 46.0 Å². The Kier molecular flexibility index (Phi) is 20.1. The van der Waals surface area contributed by atoms with Gasteiger partial charge in [0, 0.05) is 66.6 Å². The molecular formula is C57H68Cl2F6N16O8. The van der Waals surface area contributed by atoms with Crippen LogP contribution in [0.5, 0.6) is 0 Å². The van der Waals surface area contributed by atoms with Crippen LogP contribution in [0.4, 0.5) is 53.9 Å². The Bertz CT molecular complexity index is 3820. The molecule has 3 N–H and O–H groups in total. The fraction of sp³-hybridized carbons (Fsp3) is 0.526. The number of hydrogen-bond acceptors (Lipinski definition) is 17. The second-order valence-corrected chi connectivity index (χ2v) is 23.2. The topological polar surface area (TPSA) is 255 Å². The van der Waals surface area contributed by atoms with Crippen molar-refractivity contribution in [1.82, 2.24) is 58.5 Å². The van der Waals surface area contributed by atoms with Crippen LogP contribution in [0.3, 0.4) is 0 Å². The Morgan fingerprint density at radius 1 is 0.629 bits per heavy atom. The van der Waals surface area contributed by atoms with Crippen molar-refractivity contribution in [3.8, 4) is 0 Å². The molecule has 2 fully saturated rings. The summed E-state index contributed by atoms with van der Waals surface area (Å²) in [6.07, 6.45) is -0.730. The van der Waals surface area contributed by atoms with Crippen molar-refractivity contribution in [2.45, 2.75) is 129 Å². The third kappa shape index (κ3) is 15.0. The summed E-state index contributed by atoms with van der Waals surface area (Å²) in [7, 11) is 3.32. The number of halogens is 8. The zero-order valence-electron chi connectivity index (χ0n) is 50.0. The first-order valence-corrected chi connectivity index (χ1v) is 29.7. The number of amides is 3. The van der Waals surface area contributed by atoms with E-state index in [4.69, 9.17) is 47.4 Å². The smallest absolute Gasteiger partial charge is 0.433 e. The van der Waals surface area contributed by atoms with Gasteiger partial charge < -0.3 is 54.0 Å². The largest absolute Gasteiger partial charge is 0.444 e. The molecule has 89 heavy (non-hydrogen) atoms. The van der Waals surface area contributed by atoms with E-state index in [0.29, 0.717) is 125 Å². The predicted molar refractivity (Wildman–Crippen MR) is 319 cm³/mol. The zero-order chi connectivity index (χ0) is 64.3. The van der Waals surface area contributed by atoms with Crippen LogP contribution in [0.1, 0.15) is 108 Å². The van der Waals surface area contributed by atoms with Crippen LogP contribution in [-0.2, 0) is 62.1 Å². The molecule has 8 heterocycles. The van der Waals surface area contributed by atoms with Gasteiger partial charge in [-0.05, 0) is 108 Å². The monoisotopic (exact) mass is 1290 g/mol. The number of pyridine rings is 2. The van der Waals surface area contributed by atoms with Gasteiger partial charge in [-0.2, -0.15) is 45.3 Å². The number of hydrogen-bond donors (Lipinski definition) is 3. The molecule has 32 heteroatoms. The second kappa shape index (κ2) is 27.2. The zero-order valence-corrected chi connectivity index (χ0v) is 51.5. The molecule has 6 aromatic heterocycles. The molecule has 2 aliphatic heterocycles. The number of nitrogens with zero attached hydrogens (tertiary/aromatic N) is 13. The number of aromatic nitrogens is 10. The maximum absolute atomic E-state index is 14.1. The predicted octanol–water partition coefficient (Wildman–Crippen LogP) is 7.95. The molecule has 0 aromatic carbocycles. The number of methoxy groups -OCH3 is 2. The van der Waals surface area contributed by atoms with Crippen molar-refractivity contribution in [3.05, 3.63) is 102 Å². The van der Waals surface area contributed by atoms with E-state index in [2.05, 4.69) is 36.1 Å². The van der Waals surface area contributed by atoms with Crippen molar-refractivity contribution in [3.63, 3.8) is 0 Å². The first-order chi connectivity index (χ1) is 42.2. The number of ether oxygens (including phenoxy) is 3. The lowest BCUT2D eigenvalue weighted by Crippen LogP contribution is -2.51. The highest BCUT2D eigenvalue weighted by Gasteiger charge is 2.36. The van der Waals surface area contributed by atoms with Gasteiger partial charge in [0.05, 0.1) is 35.0 Å². The number of allylic oxidation sites excluding steroid dienone is 2. The Morgan fingerprint density at radius 2 is 1.04 bits per heavy atom. The van der Waals surface area contributed by atoms with Crippen molar-refractivity contribution >= 4 is 86.6 Å². The molecule has 480 valence electrons. The van der Waals surface area contributed by atoms with Gasteiger partial charge in [-0.3, -0.25) is 19.2 Å². The molecule has 6 aromatic rings. The van der Waals surface area contributed by atoms with Gasteiger partial charge in [0.1, 0.15) is 41.5 Å². The number of carbonyl (C=O) groups excluding carboxylic acids is 3. The second-order valence-electron chi connectivity index (χ2n) is 22.5. The third-order valence-corrected chi connectivity index (χ3v) is 16.0. The minimum absolute atomic E-state index is 0.0654. The van der Waals surface area contributed by atoms with Crippen molar-refractivity contribution in [1.29, 1.82) is 0 Å². The first-order valence-electron chi connectivity index (χ1n) is 28.9. The number of rotatable bonds is 14. The molecule has 2 atom stereocenters. The molecule has 4 aliphatic rings. The fourth-order valence-electron chi connectivity index (χ4n) is 11.0. The normalized spacial score (nSPS) is 17.7. The molecule has 2 saturated heterocycles. The van der Waals surface area contributed by atoms with E-state index >= 15 is 0 Å². The van der Waals surface area contributed by atoms with E-state index in [1.54, 1.807) is 49.0 Å². The van der Waals surface area contributed by atoms with Crippen molar-refractivity contribution < 1.29 is 54.9 Å². The Morgan fingerprint density at radius 3 is 1.39 bits per heavy atom. The summed E-state index contributed by atoms with van der Waals surface area (Å²) >= 11 is 12.0. The highest BCUT2D eigenvalue weighted by atomic mass is 35.5. The third-order valence-electron chi connectivity index (χ3n) is 15.4. The summed E-state index contributed by atoms with van der Waals surface area (Å²) in [5, 5.41) is 16.5.